The highest BCUT2D eigenvalue weighted by Crippen LogP contribution is 2.42. The van der Waals surface area contributed by atoms with Gasteiger partial charge in [-0.15, -0.1) is 11.8 Å². The lowest BCUT2D eigenvalue weighted by atomic mass is 10.1. The molecule has 116 valence electrons. The molecule has 1 heterocycles. The second-order valence-corrected chi connectivity index (χ2v) is 7.92. The molecule has 1 aromatic rings. The Morgan fingerprint density at radius 3 is 2.86 bits per heavy atom. The number of thioether (sulfide) groups is 2. The SMILES string of the molecule is CCSCCN1C(=O)CSC1c1ccc(N(C)C)cc1Cl. The van der Waals surface area contributed by atoms with Gasteiger partial charge in [-0.1, -0.05) is 24.6 Å². The number of carbonyl (C=O) groups excluding carboxylic acids is 1. The number of rotatable bonds is 6. The summed E-state index contributed by atoms with van der Waals surface area (Å²) in [5.41, 5.74) is 2.12. The maximum atomic E-state index is 12.1. The predicted molar refractivity (Wildman–Crippen MR) is 95.7 cm³/mol. The average Bonchev–Trinajstić information content (AvgIpc) is 2.80. The van der Waals surface area contributed by atoms with Crippen molar-refractivity contribution in [1.82, 2.24) is 4.90 Å². The molecule has 1 atom stereocenters. The molecule has 0 aromatic heterocycles. The second kappa shape index (κ2) is 7.65. The van der Waals surface area contributed by atoms with Crippen molar-refractivity contribution >= 4 is 46.7 Å². The highest BCUT2D eigenvalue weighted by Gasteiger charge is 2.33. The van der Waals surface area contributed by atoms with Gasteiger partial charge >= 0.3 is 0 Å². The smallest absolute Gasteiger partial charge is 0.233 e. The van der Waals surface area contributed by atoms with E-state index in [9.17, 15) is 4.79 Å². The third-order valence-electron chi connectivity index (χ3n) is 3.42. The van der Waals surface area contributed by atoms with Crippen molar-refractivity contribution in [1.29, 1.82) is 0 Å². The van der Waals surface area contributed by atoms with E-state index in [-0.39, 0.29) is 11.3 Å². The van der Waals surface area contributed by atoms with E-state index < -0.39 is 0 Å². The molecule has 1 fully saturated rings. The zero-order valence-electron chi connectivity index (χ0n) is 12.6. The van der Waals surface area contributed by atoms with Crippen LogP contribution in [-0.4, -0.2) is 48.7 Å². The zero-order chi connectivity index (χ0) is 15.4. The van der Waals surface area contributed by atoms with Crippen LogP contribution in [0.4, 0.5) is 5.69 Å². The molecule has 0 radical (unpaired) electrons. The van der Waals surface area contributed by atoms with E-state index in [2.05, 4.69) is 13.0 Å². The van der Waals surface area contributed by atoms with Crippen LogP contribution in [0, 0.1) is 0 Å². The van der Waals surface area contributed by atoms with Crippen molar-refractivity contribution in [2.75, 3.05) is 42.8 Å². The van der Waals surface area contributed by atoms with Crippen molar-refractivity contribution in [2.24, 2.45) is 0 Å². The number of amides is 1. The molecule has 0 saturated carbocycles. The number of benzene rings is 1. The molecule has 1 aliphatic rings. The van der Waals surface area contributed by atoms with Gasteiger partial charge < -0.3 is 9.80 Å². The Balaban J connectivity index is 2.17. The molecule has 6 heteroatoms. The minimum Gasteiger partial charge on any atom is -0.378 e. The lowest BCUT2D eigenvalue weighted by Gasteiger charge is -2.25. The molecule has 21 heavy (non-hydrogen) atoms. The monoisotopic (exact) mass is 344 g/mol. The van der Waals surface area contributed by atoms with Gasteiger partial charge in [0.25, 0.3) is 0 Å². The highest BCUT2D eigenvalue weighted by atomic mass is 35.5. The fraction of sp³-hybridized carbons (Fsp3) is 0.533. The summed E-state index contributed by atoms with van der Waals surface area (Å²) in [6, 6.07) is 6.08. The molecule has 1 saturated heterocycles. The van der Waals surface area contributed by atoms with E-state index in [1.54, 1.807) is 11.8 Å². The number of hydrogen-bond acceptors (Lipinski definition) is 4. The lowest BCUT2D eigenvalue weighted by Crippen LogP contribution is -2.30. The molecule has 0 aliphatic carbocycles. The van der Waals surface area contributed by atoms with Crippen molar-refractivity contribution in [3.63, 3.8) is 0 Å². The summed E-state index contributed by atoms with van der Waals surface area (Å²) in [5.74, 6) is 2.83. The zero-order valence-corrected chi connectivity index (χ0v) is 15.0. The van der Waals surface area contributed by atoms with Gasteiger partial charge in [0.2, 0.25) is 5.91 Å². The van der Waals surface area contributed by atoms with Gasteiger partial charge in [-0.25, -0.2) is 0 Å². The minimum absolute atomic E-state index is 0.0543. The molecule has 1 aliphatic heterocycles. The van der Waals surface area contributed by atoms with E-state index in [0.29, 0.717) is 5.75 Å². The molecule has 0 spiro atoms. The first-order valence-corrected chi connectivity index (χ1v) is 9.58. The van der Waals surface area contributed by atoms with E-state index in [1.165, 1.54) is 0 Å². The summed E-state index contributed by atoms with van der Waals surface area (Å²) in [6.07, 6.45) is 0. The van der Waals surface area contributed by atoms with Gasteiger partial charge in [0.15, 0.2) is 0 Å². The molecule has 1 amide bonds. The van der Waals surface area contributed by atoms with E-state index in [1.807, 2.05) is 47.8 Å². The summed E-state index contributed by atoms with van der Waals surface area (Å²) < 4.78 is 0. The molecular weight excluding hydrogens is 324 g/mol. The fourth-order valence-electron chi connectivity index (χ4n) is 2.26. The summed E-state index contributed by atoms with van der Waals surface area (Å²) >= 11 is 9.97. The lowest BCUT2D eigenvalue weighted by molar-refractivity contribution is -0.127. The fourth-order valence-corrected chi connectivity index (χ4v) is 4.47. The number of hydrogen-bond donors (Lipinski definition) is 0. The summed E-state index contributed by atoms with van der Waals surface area (Å²) in [7, 11) is 3.99. The van der Waals surface area contributed by atoms with Crippen LogP contribution in [-0.2, 0) is 4.79 Å². The van der Waals surface area contributed by atoms with E-state index >= 15 is 0 Å². The normalized spacial score (nSPS) is 18.4. The van der Waals surface area contributed by atoms with Gasteiger partial charge in [-0.3, -0.25) is 4.79 Å². The number of halogens is 1. The molecule has 1 unspecified atom stereocenters. The average molecular weight is 345 g/mol. The van der Waals surface area contributed by atoms with E-state index in [4.69, 9.17) is 11.6 Å². The van der Waals surface area contributed by atoms with Crippen LogP contribution >= 0.6 is 35.1 Å². The van der Waals surface area contributed by atoms with Crippen LogP contribution in [0.2, 0.25) is 5.02 Å². The van der Waals surface area contributed by atoms with Crippen molar-refractivity contribution in [3.8, 4) is 0 Å². The van der Waals surface area contributed by atoms with Crippen LogP contribution < -0.4 is 4.90 Å². The summed E-state index contributed by atoms with van der Waals surface area (Å²) in [6.45, 7) is 2.93. The van der Waals surface area contributed by atoms with Gasteiger partial charge in [-0.05, 0) is 17.9 Å². The van der Waals surface area contributed by atoms with Crippen LogP contribution in [0.5, 0.6) is 0 Å². The van der Waals surface area contributed by atoms with Crippen molar-refractivity contribution < 1.29 is 4.79 Å². The Morgan fingerprint density at radius 2 is 2.24 bits per heavy atom. The quantitative estimate of drug-likeness (QED) is 0.733. The summed E-state index contributed by atoms with van der Waals surface area (Å²) in [4.78, 5) is 16.1. The van der Waals surface area contributed by atoms with Crippen molar-refractivity contribution in [2.45, 2.75) is 12.3 Å². The minimum atomic E-state index is 0.0543. The van der Waals surface area contributed by atoms with Crippen molar-refractivity contribution in [3.05, 3.63) is 28.8 Å². The number of anilines is 1. The molecular formula is C15H21ClN2OS2. The first kappa shape index (κ1) is 16.8. The van der Waals surface area contributed by atoms with E-state index in [0.717, 1.165) is 34.3 Å². The topological polar surface area (TPSA) is 23.6 Å². The van der Waals surface area contributed by atoms with Crippen LogP contribution in [0.1, 0.15) is 17.9 Å². The third kappa shape index (κ3) is 4.02. The first-order valence-electron chi connectivity index (χ1n) is 7.00. The maximum Gasteiger partial charge on any atom is 0.233 e. The molecule has 1 aromatic carbocycles. The molecule has 2 rings (SSSR count). The molecule has 0 N–H and O–H groups in total. The van der Waals surface area contributed by atoms with Crippen LogP contribution in [0.3, 0.4) is 0 Å². The van der Waals surface area contributed by atoms with Gasteiger partial charge in [-0.2, -0.15) is 11.8 Å². The van der Waals surface area contributed by atoms with Gasteiger partial charge in [0.05, 0.1) is 5.75 Å². The Labute approximate surface area is 140 Å². The first-order chi connectivity index (χ1) is 10.0. The Bertz CT molecular complexity index is 510. The Morgan fingerprint density at radius 1 is 1.48 bits per heavy atom. The molecule has 3 nitrogen and oxygen atoms in total. The second-order valence-electron chi connectivity index (χ2n) is 5.05. The largest absolute Gasteiger partial charge is 0.378 e. The number of nitrogens with zero attached hydrogens (tertiary/aromatic N) is 2. The number of carbonyl (C=O) groups is 1. The predicted octanol–water partition coefficient (Wildman–Crippen LogP) is 3.73. The maximum absolute atomic E-state index is 12.1. The summed E-state index contributed by atoms with van der Waals surface area (Å²) in [5, 5.41) is 0.792. The van der Waals surface area contributed by atoms with Crippen LogP contribution in [0.15, 0.2) is 18.2 Å². The third-order valence-corrected chi connectivity index (χ3v) is 5.86. The van der Waals surface area contributed by atoms with Gasteiger partial charge in [0.1, 0.15) is 5.37 Å². The Hall–Kier alpha value is -0.520. The standard InChI is InChI=1S/C15H21ClN2OS2/c1-4-20-8-7-18-14(19)10-21-15(18)12-6-5-11(17(2)3)9-13(12)16/h5-6,9,15H,4,7-8,10H2,1-3H3. The van der Waals surface area contributed by atoms with Crippen LogP contribution in [0.25, 0.3) is 0 Å². The molecule has 0 bridgehead atoms. The Kier molecular flexibility index (Phi) is 6.14. The van der Waals surface area contributed by atoms with Gasteiger partial charge in [0, 0.05) is 42.7 Å². The highest BCUT2D eigenvalue weighted by molar-refractivity contribution is 8.00.